The van der Waals surface area contributed by atoms with E-state index in [1.165, 1.54) is 43.4 Å². The van der Waals surface area contributed by atoms with Gasteiger partial charge in [-0.2, -0.15) is 0 Å². The third kappa shape index (κ3) is 6.28. The number of pyridine rings is 1. The van der Waals surface area contributed by atoms with Crippen LogP contribution in [0.3, 0.4) is 0 Å². The predicted octanol–water partition coefficient (Wildman–Crippen LogP) is 4.63. The molecule has 4 aromatic rings. The van der Waals surface area contributed by atoms with Crippen LogP contribution in [0.5, 0.6) is 0 Å². The SMILES string of the molecule is CC(Cc1ccccn1)NC(=O)c1cn(SF)c2ncc(C(=N)c3ccc(F)cc3NCCN3CCCC3)nc12. The Bertz CT molecular complexity index is 1510. The highest BCUT2D eigenvalue weighted by atomic mass is 32.2. The third-order valence-electron chi connectivity index (χ3n) is 6.85. The Morgan fingerprint density at radius 3 is 2.75 bits per heavy atom. The monoisotopic (exact) mass is 564 g/mol. The first-order valence-corrected chi connectivity index (χ1v) is 13.8. The van der Waals surface area contributed by atoms with Crippen LogP contribution in [0.4, 0.5) is 14.0 Å². The molecule has 1 aromatic carbocycles. The van der Waals surface area contributed by atoms with Gasteiger partial charge >= 0.3 is 0 Å². The van der Waals surface area contributed by atoms with Gasteiger partial charge < -0.3 is 15.5 Å². The minimum atomic E-state index is -0.440. The molecule has 3 aromatic heterocycles. The van der Waals surface area contributed by atoms with Gasteiger partial charge in [-0.05, 0) is 63.2 Å². The van der Waals surface area contributed by atoms with Crippen LogP contribution in [0.25, 0.3) is 11.2 Å². The minimum absolute atomic E-state index is 0.00797. The third-order valence-corrected chi connectivity index (χ3v) is 7.28. The van der Waals surface area contributed by atoms with E-state index < -0.39 is 11.7 Å². The maximum Gasteiger partial charge on any atom is 0.255 e. The number of halogens is 2. The summed E-state index contributed by atoms with van der Waals surface area (Å²) in [5.74, 6) is -0.858. The van der Waals surface area contributed by atoms with Crippen LogP contribution in [0, 0.1) is 11.2 Å². The molecule has 12 heteroatoms. The lowest BCUT2D eigenvalue weighted by molar-refractivity contribution is 0.0941. The molecular weight excluding hydrogens is 534 g/mol. The molecule has 4 heterocycles. The zero-order valence-electron chi connectivity index (χ0n) is 22.0. The summed E-state index contributed by atoms with van der Waals surface area (Å²) in [7, 11) is 0. The number of anilines is 1. The molecule has 0 radical (unpaired) electrons. The van der Waals surface area contributed by atoms with Crippen LogP contribution in [-0.4, -0.2) is 67.7 Å². The van der Waals surface area contributed by atoms with E-state index in [4.69, 9.17) is 5.41 Å². The number of rotatable bonds is 11. The van der Waals surface area contributed by atoms with E-state index in [-0.39, 0.29) is 46.5 Å². The van der Waals surface area contributed by atoms with Gasteiger partial charge in [0.1, 0.15) is 17.0 Å². The van der Waals surface area contributed by atoms with Crippen molar-refractivity contribution in [2.45, 2.75) is 32.2 Å². The molecule has 3 N–H and O–H groups in total. The Labute approximate surface area is 235 Å². The van der Waals surface area contributed by atoms with Crippen molar-refractivity contribution in [3.05, 3.63) is 83.3 Å². The highest BCUT2D eigenvalue weighted by Crippen LogP contribution is 2.26. The number of hydrogen-bond acceptors (Lipinski definition) is 8. The van der Waals surface area contributed by atoms with Crippen molar-refractivity contribution in [2.75, 3.05) is 31.5 Å². The van der Waals surface area contributed by atoms with Gasteiger partial charge in [-0.15, -0.1) is 3.89 Å². The Hall–Kier alpha value is -3.90. The lowest BCUT2D eigenvalue weighted by Gasteiger charge is -2.17. The van der Waals surface area contributed by atoms with Crippen LogP contribution in [0.1, 0.15) is 47.1 Å². The molecule has 1 unspecified atom stereocenters. The summed E-state index contributed by atoms with van der Waals surface area (Å²) in [6.45, 7) is 5.39. The number of likely N-dealkylation sites (tertiary alicyclic amines) is 1. The quantitative estimate of drug-likeness (QED) is 0.228. The molecule has 1 amide bonds. The summed E-state index contributed by atoms with van der Waals surface area (Å²) in [4.78, 5) is 28.7. The summed E-state index contributed by atoms with van der Waals surface area (Å²) >= 11 is -0.0930. The molecule has 1 aliphatic rings. The molecule has 0 bridgehead atoms. The normalized spacial score (nSPS) is 14.4. The average molecular weight is 565 g/mol. The van der Waals surface area contributed by atoms with Crippen molar-refractivity contribution < 1.29 is 13.1 Å². The zero-order valence-corrected chi connectivity index (χ0v) is 22.8. The van der Waals surface area contributed by atoms with Crippen molar-refractivity contribution in [1.82, 2.24) is 29.1 Å². The van der Waals surface area contributed by atoms with Gasteiger partial charge in [0, 0.05) is 54.9 Å². The number of carbonyl (C=O) groups excluding carboxylic acids is 1. The molecule has 0 spiro atoms. The van der Waals surface area contributed by atoms with Crippen molar-refractivity contribution in [3.8, 4) is 0 Å². The fourth-order valence-corrected chi connectivity index (χ4v) is 5.21. The maximum absolute atomic E-state index is 14.1. The predicted molar refractivity (Wildman–Crippen MR) is 153 cm³/mol. The van der Waals surface area contributed by atoms with E-state index in [9.17, 15) is 13.1 Å². The Morgan fingerprint density at radius 1 is 1.18 bits per heavy atom. The number of fused-ring (bicyclic) bond motifs is 1. The molecule has 0 saturated carbocycles. The second-order valence-electron chi connectivity index (χ2n) is 9.81. The lowest BCUT2D eigenvalue weighted by atomic mass is 10.0. The van der Waals surface area contributed by atoms with E-state index in [2.05, 4.69) is 30.5 Å². The van der Waals surface area contributed by atoms with Crippen molar-refractivity contribution >= 4 is 40.8 Å². The van der Waals surface area contributed by atoms with Gasteiger partial charge in [0.05, 0.1) is 17.5 Å². The number of amides is 1. The topological polar surface area (TPSA) is 112 Å². The van der Waals surface area contributed by atoms with E-state index >= 15 is 0 Å². The van der Waals surface area contributed by atoms with Crippen LogP contribution in [0.2, 0.25) is 0 Å². The highest BCUT2D eigenvalue weighted by molar-refractivity contribution is 7.92. The van der Waals surface area contributed by atoms with Gasteiger partial charge in [0.25, 0.3) is 5.91 Å². The van der Waals surface area contributed by atoms with E-state index in [1.807, 2.05) is 25.1 Å². The number of aromatic nitrogens is 4. The van der Waals surface area contributed by atoms with Crippen LogP contribution < -0.4 is 10.6 Å². The van der Waals surface area contributed by atoms with Crippen molar-refractivity contribution in [2.24, 2.45) is 0 Å². The largest absolute Gasteiger partial charge is 0.383 e. The zero-order chi connectivity index (χ0) is 28.1. The molecule has 9 nitrogen and oxygen atoms in total. The molecule has 5 rings (SSSR count). The standard InChI is InChI=1S/C28H30F2N8OS/c1-18(14-20-6-2-3-9-32-20)35-28(39)22-17-38(40-30)27-26(22)36-24(16-34-27)25(31)21-8-7-19(29)15-23(21)33-10-13-37-11-4-5-12-37/h2-3,6-9,15-18,31,33H,4-5,10-14H2,1H3,(H,35,39). The second-order valence-corrected chi connectivity index (χ2v) is 10.3. The summed E-state index contributed by atoms with van der Waals surface area (Å²) < 4.78 is 29.0. The fraction of sp³-hybridized carbons (Fsp3) is 0.321. The lowest BCUT2D eigenvalue weighted by Crippen LogP contribution is -2.34. The average Bonchev–Trinajstić information content (AvgIpc) is 3.61. The van der Waals surface area contributed by atoms with Gasteiger partial charge in [-0.25, -0.2) is 18.3 Å². The number of nitrogens with zero attached hydrogens (tertiary/aromatic N) is 5. The molecule has 208 valence electrons. The van der Waals surface area contributed by atoms with Gasteiger partial charge in [-0.3, -0.25) is 15.2 Å². The van der Waals surface area contributed by atoms with Crippen molar-refractivity contribution in [1.29, 1.82) is 5.41 Å². The van der Waals surface area contributed by atoms with Crippen LogP contribution in [0.15, 0.2) is 55.0 Å². The summed E-state index contributed by atoms with van der Waals surface area (Å²) in [6, 6.07) is 9.51. The first-order chi connectivity index (χ1) is 19.4. The van der Waals surface area contributed by atoms with Crippen molar-refractivity contribution in [3.63, 3.8) is 0 Å². The molecule has 0 aliphatic carbocycles. The summed E-state index contributed by atoms with van der Waals surface area (Å²) in [5, 5.41) is 15.0. The van der Waals surface area contributed by atoms with Gasteiger partial charge in [0.15, 0.2) is 18.0 Å². The fourth-order valence-electron chi connectivity index (χ4n) is 4.86. The Morgan fingerprint density at radius 2 is 2.00 bits per heavy atom. The van der Waals surface area contributed by atoms with Crippen LogP contribution >= 0.6 is 12.3 Å². The van der Waals surface area contributed by atoms with E-state index in [0.29, 0.717) is 24.2 Å². The number of hydrogen-bond donors (Lipinski definition) is 3. The number of carbonyl (C=O) groups is 1. The smallest absolute Gasteiger partial charge is 0.255 e. The van der Waals surface area contributed by atoms with Crippen LogP contribution in [-0.2, 0) is 6.42 Å². The Balaban J connectivity index is 1.38. The summed E-state index contributed by atoms with van der Waals surface area (Å²) in [6.07, 6.45) is 7.28. The molecule has 1 fully saturated rings. The molecule has 40 heavy (non-hydrogen) atoms. The van der Waals surface area contributed by atoms with E-state index in [0.717, 1.165) is 29.3 Å². The van der Waals surface area contributed by atoms with Gasteiger partial charge in [0.2, 0.25) is 0 Å². The second kappa shape index (κ2) is 12.5. The molecule has 1 saturated heterocycles. The molecular formula is C28H30F2N8OS. The maximum atomic E-state index is 14.1. The van der Waals surface area contributed by atoms with E-state index in [1.54, 1.807) is 6.20 Å². The molecule has 1 atom stereocenters. The minimum Gasteiger partial charge on any atom is -0.383 e. The molecule has 1 aliphatic heterocycles. The van der Waals surface area contributed by atoms with Gasteiger partial charge in [-0.1, -0.05) is 6.07 Å². The Kier molecular flexibility index (Phi) is 8.66. The summed E-state index contributed by atoms with van der Waals surface area (Å²) in [5.41, 5.74) is 2.41. The number of benzene rings is 1. The highest BCUT2D eigenvalue weighted by Gasteiger charge is 2.22. The first-order valence-electron chi connectivity index (χ1n) is 13.2. The number of nitrogens with one attached hydrogen (secondary N) is 3. The first kappa shape index (κ1) is 27.7.